The maximum Gasteiger partial charge on any atom is 0.381 e. The molecule has 0 aliphatic carbocycles. The summed E-state index contributed by atoms with van der Waals surface area (Å²) in [5.74, 6) is -1.29. The van der Waals surface area contributed by atoms with Crippen molar-refractivity contribution in [3.63, 3.8) is 0 Å². The maximum absolute atomic E-state index is 12.4. The number of esters is 1. The van der Waals surface area contributed by atoms with Gasteiger partial charge in [-0.15, -0.1) is 0 Å². The van der Waals surface area contributed by atoms with Crippen LogP contribution >= 0.6 is 15.9 Å². The van der Waals surface area contributed by atoms with Crippen molar-refractivity contribution in [1.29, 1.82) is 0 Å². The molecule has 1 heterocycles. The van der Waals surface area contributed by atoms with E-state index in [2.05, 4.69) is 20.7 Å². The number of ether oxygens (including phenoxy) is 1. The van der Waals surface area contributed by atoms with E-state index in [-0.39, 0.29) is 15.1 Å². The second-order valence-electron chi connectivity index (χ2n) is 6.11. The van der Waals surface area contributed by atoms with Gasteiger partial charge in [0.1, 0.15) is 11.6 Å². The molecule has 0 spiro atoms. The Morgan fingerprint density at radius 2 is 1.79 bits per heavy atom. The zero-order valence-corrected chi connectivity index (χ0v) is 17.3. The number of sulfonamides is 1. The van der Waals surface area contributed by atoms with E-state index in [4.69, 9.17) is 9.15 Å². The minimum absolute atomic E-state index is 0.0177. The fraction of sp³-hybridized carbons (Fsp3) is 0.158. The molecule has 0 bridgehead atoms. The number of benzene rings is 2. The van der Waals surface area contributed by atoms with Gasteiger partial charge in [0.15, 0.2) is 0 Å². The van der Waals surface area contributed by atoms with Crippen molar-refractivity contribution in [1.82, 2.24) is 4.72 Å². The van der Waals surface area contributed by atoms with Crippen LogP contribution in [-0.4, -0.2) is 20.4 Å². The maximum atomic E-state index is 12.4. The Kier molecular flexibility index (Phi) is 5.69. The fourth-order valence-electron chi connectivity index (χ4n) is 2.44. The van der Waals surface area contributed by atoms with Gasteiger partial charge in [0.25, 0.3) is 0 Å². The van der Waals surface area contributed by atoms with Crippen molar-refractivity contribution >= 4 is 42.9 Å². The largest absolute Gasteiger partial charge is 0.420 e. The Balaban J connectivity index is 1.82. The smallest absolute Gasteiger partial charge is 0.381 e. The van der Waals surface area contributed by atoms with Crippen molar-refractivity contribution in [3.05, 3.63) is 69.0 Å². The monoisotopic (exact) mass is 465 g/mol. The molecule has 0 radical (unpaired) electrons. The van der Waals surface area contributed by atoms with Crippen LogP contribution in [0.2, 0.25) is 0 Å². The van der Waals surface area contributed by atoms with E-state index in [1.807, 2.05) is 6.92 Å². The molecule has 1 atom stereocenters. The van der Waals surface area contributed by atoms with E-state index < -0.39 is 27.7 Å². The predicted molar refractivity (Wildman–Crippen MR) is 107 cm³/mol. The summed E-state index contributed by atoms with van der Waals surface area (Å²) in [7, 11) is -3.93. The Bertz CT molecular complexity index is 1200. The van der Waals surface area contributed by atoms with Gasteiger partial charge in [-0.1, -0.05) is 29.8 Å². The summed E-state index contributed by atoms with van der Waals surface area (Å²) < 4.78 is 37.6. The minimum Gasteiger partial charge on any atom is -0.420 e. The van der Waals surface area contributed by atoms with Crippen LogP contribution < -0.4 is 15.1 Å². The van der Waals surface area contributed by atoms with Crippen LogP contribution in [0.4, 0.5) is 0 Å². The van der Waals surface area contributed by atoms with Crippen molar-refractivity contribution in [2.45, 2.75) is 24.8 Å². The lowest BCUT2D eigenvalue weighted by atomic mass is 10.2. The third-order valence-corrected chi connectivity index (χ3v) is 6.27. The van der Waals surface area contributed by atoms with E-state index in [1.165, 1.54) is 19.1 Å². The standard InChI is InChI=1S/C19H16BrNO6S/c1-11-7-9-13(10-8-11)28(24,25)21-12(2)18(22)27-17-16(20)14-5-3-4-6-15(14)26-19(17)23/h3-10,12,21H,1-2H3/t12-/m0/s1. The van der Waals surface area contributed by atoms with Crippen LogP contribution in [0, 0.1) is 6.92 Å². The molecule has 1 aromatic heterocycles. The van der Waals surface area contributed by atoms with Gasteiger partial charge in [-0.05, 0) is 54.0 Å². The first-order chi connectivity index (χ1) is 13.2. The Morgan fingerprint density at radius 1 is 1.14 bits per heavy atom. The first-order valence-electron chi connectivity index (χ1n) is 8.21. The summed E-state index contributed by atoms with van der Waals surface area (Å²) in [5.41, 5.74) is 0.374. The number of aryl methyl sites for hydroxylation is 1. The summed E-state index contributed by atoms with van der Waals surface area (Å²) in [4.78, 5) is 24.5. The Morgan fingerprint density at radius 3 is 2.46 bits per heavy atom. The third kappa shape index (κ3) is 4.16. The molecule has 0 aliphatic heterocycles. The number of halogens is 1. The highest BCUT2D eigenvalue weighted by molar-refractivity contribution is 9.10. The number of hydrogen-bond donors (Lipinski definition) is 1. The zero-order valence-electron chi connectivity index (χ0n) is 14.9. The molecule has 0 saturated heterocycles. The topological polar surface area (TPSA) is 103 Å². The third-order valence-electron chi connectivity index (χ3n) is 3.93. The highest BCUT2D eigenvalue weighted by atomic mass is 79.9. The van der Waals surface area contributed by atoms with Crippen LogP contribution in [-0.2, 0) is 14.8 Å². The SMILES string of the molecule is Cc1ccc(S(=O)(=O)N[C@@H](C)C(=O)Oc2c(Br)c3ccccc3oc2=O)cc1. The molecule has 3 rings (SSSR count). The summed E-state index contributed by atoms with van der Waals surface area (Å²) in [6.45, 7) is 3.15. The normalized spacial score (nSPS) is 12.7. The summed E-state index contributed by atoms with van der Waals surface area (Å²) in [6, 6.07) is 11.7. The van der Waals surface area contributed by atoms with Gasteiger partial charge >= 0.3 is 11.6 Å². The van der Waals surface area contributed by atoms with Crippen molar-refractivity contribution in [2.75, 3.05) is 0 Å². The lowest BCUT2D eigenvalue weighted by Gasteiger charge is -2.14. The number of carbonyl (C=O) groups excluding carboxylic acids is 1. The first kappa shape index (κ1) is 20.2. The molecule has 2 aromatic carbocycles. The second-order valence-corrected chi connectivity index (χ2v) is 8.61. The van der Waals surface area contributed by atoms with Crippen LogP contribution in [0.15, 0.2) is 67.1 Å². The molecule has 1 N–H and O–H groups in total. The molecule has 9 heteroatoms. The average Bonchev–Trinajstić information content (AvgIpc) is 2.65. The molecule has 0 amide bonds. The fourth-order valence-corrected chi connectivity index (χ4v) is 4.20. The van der Waals surface area contributed by atoms with Gasteiger partial charge < -0.3 is 9.15 Å². The molecule has 146 valence electrons. The minimum atomic E-state index is -3.93. The van der Waals surface area contributed by atoms with Crippen LogP contribution in [0.5, 0.6) is 5.75 Å². The Hall–Kier alpha value is -2.49. The highest BCUT2D eigenvalue weighted by Crippen LogP contribution is 2.30. The summed E-state index contributed by atoms with van der Waals surface area (Å²) >= 11 is 3.24. The molecular weight excluding hydrogens is 450 g/mol. The molecule has 0 fully saturated rings. The second kappa shape index (κ2) is 7.86. The number of nitrogens with one attached hydrogen (secondary N) is 1. The molecule has 0 saturated carbocycles. The Labute approximate surface area is 169 Å². The first-order valence-corrected chi connectivity index (χ1v) is 10.5. The van der Waals surface area contributed by atoms with E-state index in [1.54, 1.807) is 36.4 Å². The van der Waals surface area contributed by atoms with Gasteiger partial charge in [-0.2, -0.15) is 4.72 Å². The van der Waals surface area contributed by atoms with Gasteiger partial charge in [-0.3, -0.25) is 0 Å². The average molecular weight is 466 g/mol. The van der Waals surface area contributed by atoms with Crippen LogP contribution in [0.3, 0.4) is 0 Å². The number of rotatable bonds is 5. The molecule has 7 nitrogen and oxygen atoms in total. The molecule has 0 unspecified atom stereocenters. The number of fused-ring (bicyclic) bond motifs is 1. The predicted octanol–water partition coefficient (Wildman–Crippen LogP) is 3.14. The summed E-state index contributed by atoms with van der Waals surface area (Å²) in [6.07, 6.45) is 0. The van der Waals surface area contributed by atoms with Crippen molar-refractivity contribution in [2.24, 2.45) is 0 Å². The zero-order chi connectivity index (χ0) is 20.5. The quantitative estimate of drug-likeness (QED) is 0.458. The van der Waals surface area contributed by atoms with E-state index in [0.29, 0.717) is 11.0 Å². The van der Waals surface area contributed by atoms with Gasteiger partial charge in [-0.25, -0.2) is 18.0 Å². The molecular formula is C19H16BrNO6S. The number of para-hydroxylation sites is 1. The molecule has 28 heavy (non-hydrogen) atoms. The number of carbonyl (C=O) groups is 1. The van der Waals surface area contributed by atoms with Gasteiger partial charge in [0, 0.05) is 5.39 Å². The number of hydrogen-bond acceptors (Lipinski definition) is 6. The van der Waals surface area contributed by atoms with Crippen LogP contribution in [0.25, 0.3) is 11.0 Å². The highest BCUT2D eigenvalue weighted by Gasteiger charge is 2.26. The van der Waals surface area contributed by atoms with Crippen molar-refractivity contribution < 1.29 is 22.4 Å². The van der Waals surface area contributed by atoms with Crippen LogP contribution in [0.1, 0.15) is 12.5 Å². The van der Waals surface area contributed by atoms with Gasteiger partial charge in [0.2, 0.25) is 15.8 Å². The lowest BCUT2D eigenvalue weighted by Crippen LogP contribution is -2.41. The van der Waals surface area contributed by atoms with Gasteiger partial charge in [0.05, 0.1) is 9.37 Å². The van der Waals surface area contributed by atoms with E-state index in [9.17, 15) is 18.0 Å². The molecule has 0 aliphatic rings. The van der Waals surface area contributed by atoms with E-state index in [0.717, 1.165) is 5.56 Å². The summed E-state index contributed by atoms with van der Waals surface area (Å²) in [5, 5.41) is 0.540. The molecule has 3 aromatic rings. The van der Waals surface area contributed by atoms with E-state index >= 15 is 0 Å². The lowest BCUT2D eigenvalue weighted by molar-refractivity contribution is -0.136. The van der Waals surface area contributed by atoms with Crippen molar-refractivity contribution in [3.8, 4) is 5.75 Å².